The van der Waals surface area contributed by atoms with E-state index in [1.165, 1.54) is 27.2 Å². The van der Waals surface area contributed by atoms with Gasteiger partial charge in [-0.05, 0) is 25.8 Å². The second-order valence-electron chi connectivity index (χ2n) is 18.2. The largest absolute Gasteiger partial charge is 0.507 e. The number of hydrogen-bond donors (Lipinski definition) is 4. The molecule has 338 valence electrons. The third-order valence-corrected chi connectivity index (χ3v) is 13.1. The van der Waals surface area contributed by atoms with Gasteiger partial charge in [-0.25, -0.2) is 4.99 Å². The first kappa shape index (κ1) is 46.7. The third kappa shape index (κ3) is 8.60. The lowest BCUT2D eigenvalue weighted by Gasteiger charge is -2.38. The molecule has 1 amide bonds. The zero-order valence-electron chi connectivity index (χ0n) is 38.1. The Labute approximate surface area is 363 Å². The van der Waals surface area contributed by atoms with E-state index < -0.39 is 77.0 Å². The molecule has 2 aromatic rings. The topological polar surface area (TPSA) is 198 Å². The van der Waals surface area contributed by atoms with Crippen molar-refractivity contribution < 1.29 is 53.4 Å². The molecule has 15 nitrogen and oxygen atoms in total. The van der Waals surface area contributed by atoms with Gasteiger partial charge in [0.1, 0.15) is 34.0 Å². The minimum Gasteiger partial charge on any atom is -0.507 e. The first-order valence-electron chi connectivity index (χ1n) is 21.6. The Hall–Kier alpha value is -4.83. The molecule has 0 radical (unpaired) electrons. The summed E-state index contributed by atoms with van der Waals surface area (Å²) >= 11 is 0. The van der Waals surface area contributed by atoms with E-state index >= 15 is 0 Å². The number of allylic oxidation sites excluding steroid dienone is 2. The maximum Gasteiger partial charge on any atom is 0.312 e. The molecule has 7 rings (SSSR count). The van der Waals surface area contributed by atoms with Crippen molar-refractivity contribution in [3.63, 3.8) is 0 Å². The van der Waals surface area contributed by atoms with Crippen LogP contribution in [0.2, 0.25) is 0 Å². The summed E-state index contributed by atoms with van der Waals surface area (Å²) in [5, 5.41) is 39.5. The van der Waals surface area contributed by atoms with Crippen molar-refractivity contribution in [2.75, 3.05) is 39.2 Å². The molecule has 5 aliphatic heterocycles. The maximum atomic E-state index is 14.8. The van der Waals surface area contributed by atoms with Crippen LogP contribution >= 0.6 is 0 Å². The summed E-state index contributed by atoms with van der Waals surface area (Å²) in [4.78, 5) is 53.2. The van der Waals surface area contributed by atoms with E-state index in [1.807, 2.05) is 26.8 Å². The lowest BCUT2D eigenvalue weighted by Crippen LogP contribution is -2.47. The zero-order chi connectivity index (χ0) is 45.6. The molecule has 0 saturated carbocycles. The number of fused-ring (bicyclic) bond motifs is 13. The highest BCUT2D eigenvalue weighted by atomic mass is 16.7. The lowest BCUT2D eigenvalue weighted by atomic mass is 9.78. The number of amides is 1. The van der Waals surface area contributed by atoms with Crippen molar-refractivity contribution >= 4 is 34.1 Å². The van der Waals surface area contributed by atoms with E-state index in [0.29, 0.717) is 24.4 Å². The number of phenols is 2. The number of aliphatic hydroxyl groups excluding tert-OH is 1. The number of anilines is 1. The van der Waals surface area contributed by atoms with Crippen molar-refractivity contribution in [2.45, 2.75) is 118 Å². The molecule has 5 bridgehead atoms. The van der Waals surface area contributed by atoms with Crippen molar-refractivity contribution in [2.24, 2.45) is 39.6 Å². The number of piperidine rings is 1. The molecule has 2 aromatic carbocycles. The Bertz CT molecular complexity index is 2310. The van der Waals surface area contributed by atoms with Crippen LogP contribution in [0.3, 0.4) is 0 Å². The highest BCUT2D eigenvalue weighted by Gasteiger charge is 2.51. The number of ether oxygens (including phenoxy) is 5. The fourth-order valence-electron chi connectivity index (χ4n) is 9.66. The smallest absolute Gasteiger partial charge is 0.312 e. The second-order valence-corrected chi connectivity index (χ2v) is 18.2. The maximum absolute atomic E-state index is 14.8. The minimum atomic E-state index is -1.94. The molecule has 9 atom stereocenters. The van der Waals surface area contributed by atoms with Crippen LogP contribution in [0.5, 0.6) is 17.2 Å². The van der Waals surface area contributed by atoms with E-state index in [1.54, 1.807) is 46.1 Å². The average Bonchev–Trinajstić information content (AvgIpc) is 3.72. The molecule has 5 heterocycles. The molecule has 0 unspecified atom stereocenters. The summed E-state index contributed by atoms with van der Waals surface area (Å²) in [7, 11) is 3.06. The van der Waals surface area contributed by atoms with Gasteiger partial charge in [-0.15, -0.1) is 0 Å². The van der Waals surface area contributed by atoms with Crippen LogP contribution in [0, 0.1) is 36.5 Å². The van der Waals surface area contributed by atoms with Crippen LogP contribution in [0.4, 0.5) is 5.69 Å². The second kappa shape index (κ2) is 18.1. The highest BCUT2D eigenvalue weighted by molar-refractivity contribution is 6.21. The number of benzene rings is 2. The minimum absolute atomic E-state index is 0.0651. The van der Waals surface area contributed by atoms with Gasteiger partial charge in [0.05, 0.1) is 41.2 Å². The number of nitrogens with one attached hydrogen (secondary N) is 1. The number of nitrogens with zero attached hydrogens (tertiary/aromatic N) is 3. The van der Waals surface area contributed by atoms with Crippen molar-refractivity contribution in [1.29, 1.82) is 0 Å². The lowest BCUT2D eigenvalue weighted by molar-refractivity contribution is -0.161. The predicted octanol–water partition coefficient (Wildman–Crippen LogP) is 5.40. The molecular formula is C47H64N4O11. The molecule has 15 heteroatoms. The Kier molecular flexibility index (Phi) is 13.6. The van der Waals surface area contributed by atoms with Crippen LogP contribution in [-0.2, 0) is 28.5 Å². The van der Waals surface area contributed by atoms with E-state index in [2.05, 4.69) is 29.1 Å². The number of carbonyl (C=O) groups is 3. The van der Waals surface area contributed by atoms with Gasteiger partial charge in [0.2, 0.25) is 0 Å². The molecule has 0 aliphatic carbocycles. The summed E-state index contributed by atoms with van der Waals surface area (Å²) in [6, 6.07) is 0. The van der Waals surface area contributed by atoms with Gasteiger partial charge < -0.3 is 49.2 Å². The molecular weight excluding hydrogens is 797 g/mol. The average molecular weight is 861 g/mol. The zero-order valence-corrected chi connectivity index (χ0v) is 38.1. The first-order chi connectivity index (χ1) is 29.2. The number of aromatic hydroxyl groups is 2. The van der Waals surface area contributed by atoms with Crippen LogP contribution in [0.15, 0.2) is 46.1 Å². The number of phenolic OH excluding ortho intramolecular Hbond substituents is 2. The summed E-state index contributed by atoms with van der Waals surface area (Å²) in [5.41, 5.74) is -0.0165. The number of aliphatic hydroxyl groups is 1. The van der Waals surface area contributed by atoms with Gasteiger partial charge in [0.25, 0.3) is 11.7 Å². The number of likely N-dealkylation sites (tertiary alicyclic amines) is 1. The van der Waals surface area contributed by atoms with Crippen LogP contribution in [0.1, 0.15) is 91.1 Å². The van der Waals surface area contributed by atoms with E-state index in [0.717, 1.165) is 19.6 Å². The molecule has 0 aromatic heterocycles. The number of Topliss-reactive ketones (excluding diaryl/α,β-unsaturated/α-hetero) is 1. The summed E-state index contributed by atoms with van der Waals surface area (Å²) in [5.74, 6) is -5.83. The number of methoxy groups -OCH3 is 2. The standard InChI is InChI=1S/C47H64N4O11/c1-23(2)22-51-19-17-47(18-20-51)49-35-32-33-39(54)29(8)43-34(32)44(56)46(10,62-43)60-21-16-31(58-11)26(5)42(61-30(9)52)28(7)38(53)27(6)41(59-12)24(3)14-13-15-25(4)45(57)48-37(40(33)55)36(35)50-47/h13-16,21,23-24,26-28,31,38,41-42,49,53-55H,17-20,22H2,1-12H3/b14-13+,21-16+,25-15-,48-37?/t24-,26+,27-,28+,31-,38+,41-,42+,46-/m0/s1. The van der Waals surface area contributed by atoms with Gasteiger partial charge in [0.15, 0.2) is 5.75 Å². The van der Waals surface area contributed by atoms with Crippen molar-refractivity contribution in [3.8, 4) is 17.2 Å². The first-order valence-corrected chi connectivity index (χ1v) is 21.6. The van der Waals surface area contributed by atoms with E-state index in [9.17, 15) is 29.7 Å². The monoisotopic (exact) mass is 860 g/mol. The quantitative estimate of drug-likeness (QED) is 0.220. The number of rotatable bonds is 5. The normalized spacial score (nSPS) is 32.3. The van der Waals surface area contributed by atoms with Gasteiger partial charge in [-0.3, -0.25) is 19.4 Å². The third-order valence-electron chi connectivity index (χ3n) is 13.1. The Morgan fingerprint density at radius 3 is 2.24 bits per heavy atom. The van der Waals surface area contributed by atoms with Gasteiger partial charge >= 0.3 is 11.8 Å². The molecule has 62 heavy (non-hydrogen) atoms. The molecule has 1 spiro atoms. The molecule has 5 aliphatic rings. The summed E-state index contributed by atoms with van der Waals surface area (Å²) in [6.45, 7) is 20.1. The van der Waals surface area contributed by atoms with Crippen LogP contribution < -0.4 is 20.8 Å². The fraction of sp³-hybridized carbons (Fsp3) is 0.596. The van der Waals surface area contributed by atoms with Crippen molar-refractivity contribution in [3.05, 3.63) is 58.0 Å². The Balaban J connectivity index is 1.56. The summed E-state index contributed by atoms with van der Waals surface area (Å²) < 4.78 is 30.1. The highest BCUT2D eigenvalue weighted by Crippen LogP contribution is 2.51. The van der Waals surface area contributed by atoms with Crippen molar-refractivity contribution in [1.82, 2.24) is 4.90 Å². The van der Waals surface area contributed by atoms with E-state index in [-0.39, 0.29) is 55.6 Å². The number of carbonyl (C=O) groups excluding carboxylic acids is 3. The predicted molar refractivity (Wildman–Crippen MR) is 232 cm³/mol. The number of ketones is 1. The van der Waals surface area contributed by atoms with Crippen LogP contribution in [-0.4, -0.2) is 108 Å². The Morgan fingerprint density at radius 2 is 1.63 bits per heavy atom. The number of hydrogen-bond acceptors (Lipinski definition) is 14. The molecule has 1 fully saturated rings. The van der Waals surface area contributed by atoms with E-state index in [4.69, 9.17) is 28.7 Å². The van der Waals surface area contributed by atoms with Crippen LogP contribution in [0.25, 0.3) is 10.8 Å². The number of esters is 1. The molecule has 4 N–H and O–H groups in total. The Morgan fingerprint density at radius 1 is 0.968 bits per heavy atom. The summed E-state index contributed by atoms with van der Waals surface area (Å²) in [6.07, 6.45) is 6.24. The SMILES string of the molecule is CO[C@@H]1[C@@H](C)[C@@H](O)[C@@H](C)[C@H](OC(C)=O)[C@H](C)[C@@H](OC)/C=C/O[C@@]2(C)Oc3c(C)c(O)c4c(O)c(c5c(c4c3C2=O)NC2(CCN(CC(C)C)CC2)N=5)=NC(=O)/C(C)=C\C=C\[C@@H]1C. The fourth-order valence-corrected chi connectivity index (χ4v) is 9.66. The van der Waals surface area contributed by atoms with Gasteiger partial charge in [-0.1, -0.05) is 59.8 Å². The van der Waals surface area contributed by atoms with Gasteiger partial charge in [-0.2, -0.15) is 0 Å². The molecule has 1 saturated heterocycles. The van der Waals surface area contributed by atoms with Gasteiger partial charge in [0, 0.05) is 101 Å².